The Morgan fingerprint density at radius 1 is 1.23 bits per heavy atom. The predicted molar refractivity (Wildman–Crippen MR) is 116 cm³/mol. The lowest BCUT2D eigenvalue weighted by atomic mass is 10.1. The molecule has 2 aromatic rings. The first kappa shape index (κ1) is 23.8. The van der Waals surface area contributed by atoms with Crippen LogP contribution in [0.1, 0.15) is 29.3 Å². The van der Waals surface area contributed by atoms with Crippen molar-refractivity contribution in [3.05, 3.63) is 63.7 Å². The van der Waals surface area contributed by atoms with Crippen LogP contribution in [-0.2, 0) is 19.6 Å². The number of anilines is 2. The molecule has 0 aliphatic heterocycles. The van der Waals surface area contributed by atoms with Gasteiger partial charge >= 0.3 is 5.97 Å². The molecule has 1 amide bonds. The molecule has 1 N–H and O–H groups in total. The SMILES string of the molecule is CCC(C(=O)Nc1ccccc1C(=O)OC)N(c1cc([N+](=O)[O-])ccc1C)S(C)(=O)=O. The third kappa shape index (κ3) is 5.37. The van der Waals surface area contributed by atoms with Gasteiger partial charge in [-0.1, -0.05) is 25.1 Å². The van der Waals surface area contributed by atoms with Gasteiger partial charge in [0.15, 0.2) is 0 Å². The molecule has 0 spiro atoms. The number of hydrogen-bond acceptors (Lipinski definition) is 7. The van der Waals surface area contributed by atoms with Crippen molar-refractivity contribution in [2.24, 2.45) is 0 Å². The number of benzene rings is 2. The Kier molecular flexibility index (Phi) is 7.34. The number of hydrogen-bond donors (Lipinski definition) is 1. The number of carbonyl (C=O) groups excluding carboxylic acids is 2. The van der Waals surface area contributed by atoms with Crippen LogP contribution in [0, 0.1) is 17.0 Å². The number of nitro benzene ring substituents is 1. The Morgan fingerprint density at radius 3 is 2.42 bits per heavy atom. The van der Waals surface area contributed by atoms with Crippen LogP contribution in [-0.4, -0.2) is 44.6 Å². The topological polar surface area (TPSA) is 136 Å². The summed E-state index contributed by atoms with van der Waals surface area (Å²) >= 11 is 0. The summed E-state index contributed by atoms with van der Waals surface area (Å²) in [5.41, 5.74) is 0.422. The second-order valence-electron chi connectivity index (χ2n) is 6.74. The Labute approximate surface area is 180 Å². The minimum absolute atomic E-state index is 0.0277. The van der Waals surface area contributed by atoms with Gasteiger partial charge in [0.2, 0.25) is 15.9 Å². The van der Waals surface area contributed by atoms with E-state index in [0.717, 1.165) is 16.6 Å². The molecule has 31 heavy (non-hydrogen) atoms. The molecule has 10 nitrogen and oxygen atoms in total. The maximum atomic E-state index is 13.1. The van der Waals surface area contributed by atoms with Gasteiger partial charge in [0.1, 0.15) is 6.04 Å². The quantitative estimate of drug-likeness (QED) is 0.372. The standard InChI is InChI=1S/C20H23N3O7S/c1-5-17(19(24)21-16-9-7-6-8-15(16)20(25)30-3)22(31(4,28)29)18-12-14(23(26)27)11-10-13(18)2/h6-12,17H,5H2,1-4H3,(H,21,24). The van der Waals surface area contributed by atoms with Gasteiger partial charge in [0, 0.05) is 12.1 Å². The largest absolute Gasteiger partial charge is 0.465 e. The van der Waals surface area contributed by atoms with Crippen molar-refractivity contribution >= 4 is 39.0 Å². The van der Waals surface area contributed by atoms with E-state index in [1.807, 2.05) is 0 Å². The highest BCUT2D eigenvalue weighted by Crippen LogP contribution is 2.30. The number of esters is 1. The molecular weight excluding hydrogens is 426 g/mol. The summed E-state index contributed by atoms with van der Waals surface area (Å²) in [4.78, 5) is 35.6. The zero-order valence-corrected chi connectivity index (χ0v) is 18.3. The van der Waals surface area contributed by atoms with Crippen LogP contribution in [0.3, 0.4) is 0 Å². The molecule has 2 aromatic carbocycles. The van der Waals surface area contributed by atoms with Gasteiger partial charge in [-0.05, 0) is 31.0 Å². The van der Waals surface area contributed by atoms with Crippen LogP contribution in [0.25, 0.3) is 0 Å². The van der Waals surface area contributed by atoms with Gasteiger partial charge < -0.3 is 10.1 Å². The van der Waals surface area contributed by atoms with E-state index in [2.05, 4.69) is 5.32 Å². The normalized spacial score (nSPS) is 12.0. The van der Waals surface area contributed by atoms with Crippen LogP contribution in [0.15, 0.2) is 42.5 Å². The molecule has 1 unspecified atom stereocenters. The van der Waals surface area contributed by atoms with Crippen LogP contribution in [0.4, 0.5) is 17.1 Å². The number of para-hydroxylation sites is 1. The molecule has 0 aliphatic rings. The molecule has 0 aliphatic carbocycles. The summed E-state index contributed by atoms with van der Waals surface area (Å²) < 4.78 is 30.9. The van der Waals surface area contributed by atoms with Gasteiger partial charge in [0.05, 0.1) is 35.2 Å². The van der Waals surface area contributed by atoms with E-state index in [-0.39, 0.29) is 29.0 Å². The number of nitrogens with zero attached hydrogens (tertiary/aromatic N) is 2. The zero-order chi connectivity index (χ0) is 23.3. The summed E-state index contributed by atoms with van der Waals surface area (Å²) in [6, 6.07) is 8.71. The second kappa shape index (κ2) is 9.56. The number of non-ortho nitro benzene ring substituents is 1. The van der Waals surface area contributed by atoms with Crippen molar-refractivity contribution < 1.29 is 27.7 Å². The number of carbonyl (C=O) groups is 2. The highest BCUT2D eigenvalue weighted by atomic mass is 32.2. The molecule has 0 aromatic heterocycles. The molecule has 0 saturated heterocycles. The summed E-state index contributed by atoms with van der Waals surface area (Å²) in [5.74, 6) is -1.37. The van der Waals surface area contributed by atoms with E-state index in [4.69, 9.17) is 4.74 Å². The number of aryl methyl sites for hydroxylation is 1. The fourth-order valence-corrected chi connectivity index (χ4v) is 4.34. The van der Waals surface area contributed by atoms with Crippen molar-refractivity contribution in [1.82, 2.24) is 0 Å². The van der Waals surface area contributed by atoms with E-state index in [1.165, 1.54) is 31.4 Å². The molecule has 0 heterocycles. The van der Waals surface area contributed by atoms with E-state index in [0.29, 0.717) is 5.56 Å². The number of sulfonamides is 1. The molecule has 11 heteroatoms. The van der Waals surface area contributed by atoms with Crippen molar-refractivity contribution in [2.45, 2.75) is 26.3 Å². The van der Waals surface area contributed by atoms with Crippen molar-refractivity contribution in [3.8, 4) is 0 Å². The van der Waals surface area contributed by atoms with E-state index >= 15 is 0 Å². The minimum atomic E-state index is -4.00. The molecule has 0 radical (unpaired) electrons. The van der Waals surface area contributed by atoms with E-state index in [1.54, 1.807) is 26.0 Å². The lowest BCUT2D eigenvalue weighted by Crippen LogP contribution is -2.47. The van der Waals surface area contributed by atoms with Crippen LogP contribution in [0.2, 0.25) is 0 Å². The van der Waals surface area contributed by atoms with Gasteiger partial charge in [-0.2, -0.15) is 0 Å². The van der Waals surface area contributed by atoms with Crippen LogP contribution in [0.5, 0.6) is 0 Å². The lowest BCUT2D eigenvalue weighted by molar-refractivity contribution is -0.384. The van der Waals surface area contributed by atoms with Crippen LogP contribution >= 0.6 is 0 Å². The Hall–Kier alpha value is -3.47. The molecular formula is C20H23N3O7S. The Bertz CT molecular complexity index is 1120. The van der Waals surface area contributed by atoms with E-state index in [9.17, 15) is 28.1 Å². The fraction of sp³-hybridized carbons (Fsp3) is 0.300. The summed E-state index contributed by atoms with van der Waals surface area (Å²) in [5, 5.41) is 13.8. The lowest BCUT2D eigenvalue weighted by Gasteiger charge is -2.31. The van der Waals surface area contributed by atoms with Crippen molar-refractivity contribution in [1.29, 1.82) is 0 Å². The highest BCUT2D eigenvalue weighted by Gasteiger charge is 2.33. The Balaban J connectivity index is 2.53. The smallest absolute Gasteiger partial charge is 0.339 e. The first-order chi connectivity index (χ1) is 14.5. The maximum absolute atomic E-state index is 13.1. The number of amides is 1. The minimum Gasteiger partial charge on any atom is -0.465 e. The van der Waals surface area contributed by atoms with Crippen molar-refractivity contribution in [3.63, 3.8) is 0 Å². The highest BCUT2D eigenvalue weighted by molar-refractivity contribution is 7.92. The monoisotopic (exact) mass is 449 g/mol. The number of methoxy groups -OCH3 is 1. The molecule has 2 rings (SSSR count). The molecule has 0 saturated carbocycles. The van der Waals surface area contributed by atoms with E-state index < -0.39 is 32.9 Å². The summed E-state index contributed by atoms with van der Waals surface area (Å²) in [7, 11) is -2.80. The average molecular weight is 449 g/mol. The second-order valence-corrected chi connectivity index (χ2v) is 8.60. The molecule has 0 bridgehead atoms. The van der Waals surface area contributed by atoms with Crippen molar-refractivity contribution in [2.75, 3.05) is 23.0 Å². The maximum Gasteiger partial charge on any atom is 0.339 e. The Morgan fingerprint density at radius 2 is 1.87 bits per heavy atom. The molecule has 166 valence electrons. The van der Waals surface area contributed by atoms with Gasteiger partial charge in [-0.25, -0.2) is 13.2 Å². The first-order valence-corrected chi connectivity index (χ1v) is 11.1. The number of nitrogens with one attached hydrogen (secondary N) is 1. The number of rotatable bonds is 8. The predicted octanol–water partition coefficient (Wildman–Crippen LogP) is 2.87. The third-order valence-electron chi connectivity index (χ3n) is 4.56. The van der Waals surface area contributed by atoms with Crippen LogP contribution < -0.4 is 9.62 Å². The number of ether oxygens (including phenoxy) is 1. The fourth-order valence-electron chi connectivity index (χ4n) is 3.08. The summed E-state index contributed by atoms with van der Waals surface area (Å²) in [6.07, 6.45) is 0.991. The number of nitro groups is 1. The van der Waals surface area contributed by atoms with Gasteiger partial charge in [0.25, 0.3) is 5.69 Å². The third-order valence-corrected chi connectivity index (χ3v) is 5.73. The zero-order valence-electron chi connectivity index (χ0n) is 17.5. The molecule has 0 fully saturated rings. The van der Waals surface area contributed by atoms with Gasteiger partial charge in [-0.3, -0.25) is 19.2 Å². The first-order valence-electron chi connectivity index (χ1n) is 9.23. The molecule has 1 atom stereocenters. The summed E-state index contributed by atoms with van der Waals surface area (Å²) in [6.45, 7) is 3.20. The van der Waals surface area contributed by atoms with Gasteiger partial charge in [-0.15, -0.1) is 0 Å². The average Bonchev–Trinajstić information content (AvgIpc) is 2.71.